The maximum Gasteiger partial charge on any atom is 0.319 e. The summed E-state index contributed by atoms with van der Waals surface area (Å²) in [6.45, 7) is 10.3. The Hall–Kier alpha value is -1.09. The fourth-order valence-electron chi connectivity index (χ4n) is 2.26. The molecule has 0 fully saturated rings. The van der Waals surface area contributed by atoms with Gasteiger partial charge in [0.25, 0.3) is 0 Å². The molecule has 0 spiro atoms. The zero-order valence-corrected chi connectivity index (χ0v) is 12.0. The van der Waals surface area contributed by atoms with Crippen molar-refractivity contribution in [2.24, 2.45) is 11.3 Å². The van der Waals surface area contributed by atoms with Gasteiger partial charge in [-0.2, -0.15) is 0 Å². The minimum absolute atomic E-state index is 0.112. The lowest BCUT2D eigenvalue weighted by Crippen LogP contribution is -2.48. The van der Waals surface area contributed by atoms with Crippen molar-refractivity contribution in [3.05, 3.63) is 24.3 Å². The second-order valence-corrected chi connectivity index (χ2v) is 5.16. The highest BCUT2D eigenvalue weighted by molar-refractivity contribution is 5.81. The number of hydrogen-bond donors (Lipinski definition) is 0. The van der Waals surface area contributed by atoms with Gasteiger partial charge in [0, 0.05) is 6.61 Å². The predicted octanol–water partition coefficient (Wildman–Crippen LogP) is 3.11. The SMILES string of the molecule is CCOC1C=CC=CC1(C(=O)OC(C)C)C(C)C. The van der Waals surface area contributed by atoms with E-state index in [4.69, 9.17) is 9.47 Å². The van der Waals surface area contributed by atoms with Gasteiger partial charge in [-0.25, -0.2) is 0 Å². The molecule has 2 atom stereocenters. The third-order valence-electron chi connectivity index (χ3n) is 3.24. The van der Waals surface area contributed by atoms with Gasteiger partial charge in [0.05, 0.1) is 12.2 Å². The van der Waals surface area contributed by atoms with Gasteiger partial charge in [-0.1, -0.05) is 38.2 Å². The third kappa shape index (κ3) is 2.83. The fraction of sp³-hybridized carbons (Fsp3) is 0.667. The number of hydrogen-bond acceptors (Lipinski definition) is 3. The van der Waals surface area contributed by atoms with E-state index in [1.807, 2.05) is 58.9 Å². The van der Waals surface area contributed by atoms with E-state index in [9.17, 15) is 4.79 Å². The van der Waals surface area contributed by atoms with E-state index in [-0.39, 0.29) is 24.1 Å². The molecule has 0 N–H and O–H groups in total. The van der Waals surface area contributed by atoms with Crippen LogP contribution in [0.3, 0.4) is 0 Å². The molecule has 0 saturated heterocycles. The van der Waals surface area contributed by atoms with Crippen molar-refractivity contribution in [2.45, 2.75) is 46.8 Å². The third-order valence-corrected chi connectivity index (χ3v) is 3.24. The van der Waals surface area contributed by atoms with Gasteiger partial charge < -0.3 is 9.47 Å². The Bertz CT molecular complexity index is 342. The first-order valence-electron chi connectivity index (χ1n) is 6.63. The zero-order chi connectivity index (χ0) is 13.8. The summed E-state index contributed by atoms with van der Waals surface area (Å²) in [6.07, 6.45) is 7.31. The van der Waals surface area contributed by atoms with Crippen LogP contribution in [0.4, 0.5) is 0 Å². The van der Waals surface area contributed by atoms with Crippen LogP contribution < -0.4 is 0 Å². The Labute approximate surface area is 110 Å². The maximum atomic E-state index is 12.5. The van der Waals surface area contributed by atoms with Gasteiger partial charge in [0.2, 0.25) is 0 Å². The summed E-state index contributed by atoms with van der Waals surface area (Å²) in [5.41, 5.74) is -0.713. The van der Waals surface area contributed by atoms with Crippen molar-refractivity contribution >= 4 is 5.97 Å². The van der Waals surface area contributed by atoms with Crippen LogP contribution in [0.5, 0.6) is 0 Å². The average Bonchev–Trinajstić information content (AvgIpc) is 2.28. The zero-order valence-electron chi connectivity index (χ0n) is 12.0. The first-order chi connectivity index (χ1) is 8.45. The Morgan fingerprint density at radius 1 is 1.28 bits per heavy atom. The van der Waals surface area contributed by atoms with E-state index in [1.54, 1.807) is 0 Å². The van der Waals surface area contributed by atoms with Crippen molar-refractivity contribution in [1.82, 2.24) is 0 Å². The summed E-state index contributed by atoms with van der Waals surface area (Å²) in [5, 5.41) is 0. The molecule has 3 heteroatoms. The molecule has 0 aliphatic heterocycles. The predicted molar refractivity (Wildman–Crippen MR) is 72.2 cm³/mol. The minimum Gasteiger partial charge on any atom is -0.462 e. The summed E-state index contributed by atoms with van der Waals surface area (Å²) in [4.78, 5) is 12.5. The lowest BCUT2D eigenvalue weighted by atomic mass is 9.70. The van der Waals surface area contributed by atoms with Gasteiger partial charge in [0.15, 0.2) is 0 Å². The van der Waals surface area contributed by atoms with Crippen LogP contribution in [-0.4, -0.2) is 24.8 Å². The van der Waals surface area contributed by atoms with Crippen LogP contribution in [0, 0.1) is 11.3 Å². The lowest BCUT2D eigenvalue weighted by Gasteiger charge is -2.39. The van der Waals surface area contributed by atoms with Crippen LogP contribution in [-0.2, 0) is 14.3 Å². The van der Waals surface area contributed by atoms with E-state index in [0.717, 1.165) is 0 Å². The molecule has 1 aliphatic carbocycles. The van der Waals surface area contributed by atoms with Crippen LogP contribution in [0.1, 0.15) is 34.6 Å². The molecule has 0 bridgehead atoms. The summed E-state index contributed by atoms with van der Waals surface area (Å²) in [5.74, 6) is -0.0898. The van der Waals surface area contributed by atoms with E-state index >= 15 is 0 Å². The first-order valence-corrected chi connectivity index (χ1v) is 6.63. The van der Waals surface area contributed by atoms with E-state index < -0.39 is 5.41 Å². The molecule has 1 aliphatic rings. The van der Waals surface area contributed by atoms with Gasteiger partial charge in [0.1, 0.15) is 5.41 Å². The van der Waals surface area contributed by atoms with Crippen LogP contribution in [0.15, 0.2) is 24.3 Å². The van der Waals surface area contributed by atoms with Crippen molar-refractivity contribution < 1.29 is 14.3 Å². The molecule has 3 nitrogen and oxygen atoms in total. The number of allylic oxidation sites excluding steroid dienone is 2. The highest BCUT2D eigenvalue weighted by Gasteiger charge is 2.48. The van der Waals surface area contributed by atoms with Crippen molar-refractivity contribution in [2.75, 3.05) is 6.61 Å². The number of ether oxygens (including phenoxy) is 2. The molecule has 0 aromatic carbocycles. The normalized spacial score (nSPS) is 26.9. The second-order valence-electron chi connectivity index (χ2n) is 5.16. The topological polar surface area (TPSA) is 35.5 Å². The molecule has 18 heavy (non-hydrogen) atoms. The molecule has 0 radical (unpaired) electrons. The van der Waals surface area contributed by atoms with Crippen molar-refractivity contribution in [1.29, 1.82) is 0 Å². The average molecular weight is 252 g/mol. The Balaban J connectivity index is 3.08. The Morgan fingerprint density at radius 3 is 2.44 bits per heavy atom. The van der Waals surface area contributed by atoms with Gasteiger partial charge in [-0.15, -0.1) is 0 Å². The minimum atomic E-state index is -0.713. The van der Waals surface area contributed by atoms with Gasteiger partial charge in [-0.3, -0.25) is 4.79 Å². The maximum absolute atomic E-state index is 12.5. The Morgan fingerprint density at radius 2 is 1.94 bits per heavy atom. The highest BCUT2D eigenvalue weighted by Crippen LogP contribution is 2.39. The quantitative estimate of drug-likeness (QED) is 0.705. The summed E-state index contributed by atoms with van der Waals surface area (Å²) < 4.78 is 11.2. The molecule has 0 heterocycles. The molecule has 0 aromatic heterocycles. The standard InChI is InChI=1S/C15H24O3/c1-6-17-13-9-7-8-10-15(13,11(2)3)14(16)18-12(4)5/h7-13H,6H2,1-5H3. The number of carbonyl (C=O) groups excluding carboxylic acids is 1. The van der Waals surface area contributed by atoms with Crippen molar-refractivity contribution in [3.63, 3.8) is 0 Å². The number of rotatable bonds is 5. The molecule has 0 aromatic rings. The molecule has 0 amide bonds. The van der Waals surface area contributed by atoms with Crippen LogP contribution in [0.25, 0.3) is 0 Å². The summed E-state index contributed by atoms with van der Waals surface area (Å²) >= 11 is 0. The monoisotopic (exact) mass is 252 g/mol. The molecule has 0 saturated carbocycles. The molecular formula is C15H24O3. The Kier molecular flexibility index (Phi) is 5.15. The summed E-state index contributed by atoms with van der Waals surface area (Å²) in [6, 6.07) is 0. The highest BCUT2D eigenvalue weighted by atomic mass is 16.5. The number of esters is 1. The van der Waals surface area contributed by atoms with Crippen LogP contribution >= 0.6 is 0 Å². The summed E-state index contributed by atoms with van der Waals surface area (Å²) in [7, 11) is 0. The van der Waals surface area contributed by atoms with Crippen molar-refractivity contribution in [3.8, 4) is 0 Å². The van der Waals surface area contributed by atoms with E-state index in [2.05, 4.69) is 0 Å². The van der Waals surface area contributed by atoms with Crippen LogP contribution in [0.2, 0.25) is 0 Å². The lowest BCUT2D eigenvalue weighted by molar-refractivity contribution is -0.167. The fourth-order valence-corrected chi connectivity index (χ4v) is 2.26. The van der Waals surface area contributed by atoms with E-state index in [1.165, 1.54) is 0 Å². The second kappa shape index (κ2) is 6.19. The molecule has 102 valence electrons. The molecular weight excluding hydrogens is 228 g/mol. The van der Waals surface area contributed by atoms with Gasteiger partial charge in [-0.05, 0) is 26.7 Å². The van der Waals surface area contributed by atoms with E-state index in [0.29, 0.717) is 6.61 Å². The number of carbonyl (C=O) groups is 1. The molecule has 1 rings (SSSR count). The molecule has 2 unspecified atom stereocenters. The largest absolute Gasteiger partial charge is 0.462 e. The van der Waals surface area contributed by atoms with Gasteiger partial charge >= 0.3 is 5.97 Å². The smallest absolute Gasteiger partial charge is 0.319 e. The first kappa shape index (κ1) is 15.0.